The average Bonchev–Trinajstić information content (AvgIpc) is 3.24. The Morgan fingerprint density at radius 3 is 2.96 bits per heavy atom. The smallest absolute Gasteiger partial charge is 0.230 e. The second-order valence-electron chi connectivity index (χ2n) is 5.19. The second-order valence-corrected chi connectivity index (χ2v) is 7.08. The minimum atomic E-state index is -0.685. The number of hydrogen-bond acceptors (Lipinski definition) is 5. The van der Waals surface area contributed by atoms with Crippen molar-refractivity contribution in [3.63, 3.8) is 0 Å². The van der Waals surface area contributed by atoms with Crippen LogP contribution in [0.1, 0.15) is 18.5 Å². The molecule has 2 N–H and O–H groups in total. The molecular formula is C16H14F2N4OS2. The highest BCUT2D eigenvalue weighted by Gasteiger charge is 2.15. The number of hydrogen-bond donors (Lipinski definition) is 2. The Balaban J connectivity index is 1.54. The Hall–Kier alpha value is -2.26. The van der Waals surface area contributed by atoms with Gasteiger partial charge in [-0.15, -0.1) is 16.4 Å². The number of amides is 1. The Morgan fingerprint density at radius 1 is 1.40 bits per heavy atom. The van der Waals surface area contributed by atoms with Gasteiger partial charge in [0.15, 0.2) is 5.82 Å². The first kappa shape index (κ1) is 17.6. The molecule has 9 heteroatoms. The van der Waals surface area contributed by atoms with Gasteiger partial charge >= 0.3 is 0 Å². The molecule has 0 saturated heterocycles. The topological polar surface area (TPSA) is 70.7 Å². The summed E-state index contributed by atoms with van der Waals surface area (Å²) in [6.07, 6.45) is 0. The van der Waals surface area contributed by atoms with E-state index in [1.807, 2.05) is 17.5 Å². The summed E-state index contributed by atoms with van der Waals surface area (Å²) in [5.41, 5.74) is 0.234. The van der Waals surface area contributed by atoms with Gasteiger partial charge in [-0.1, -0.05) is 23.9 Å². The Kier molecular flexibility index (Phi) is 5.44. The summed E-state index contributed by atoms with van der Waals surface area (Å²) in [5, 5.41) is 12.0. The lowest BCUT2D eigenvalue weighted by atomic mass is 10.1. The highest BCUT2D eigenvalue weighted by Crippen LogP contribution is 2.23. The summed E-state index contributed by atoms with van der Waals surface area (Å²) in [5.74, 6) is -0.880. The van der Waals surface area contributed by atoms with Gasteiger partial charge in [-0.2, -0.15) is 0 Å². The van der Waals surface area contributed by atoms with E-state index in [-0.39, 0.29) is 17.2 Å². The van der Waals surface area contributed by atoms with Gasteiger partial charge in [-0.25, -0.2) is 13.8 Å². The van der Waals surface area contributed by atoms with E-state index in [0.717, 1.165) is 17.0 Å². The third-order valence-corrected chi connectivity index (χ3v) is 5.08. The number of nitrogens with zero attached hydrogens (tertiary/aromatic N) is 2. The number of aromatic amines is 1. The molecule has 3 rings (SSSR count). The van der Waals surface area contributed by atoms with E-state index in [0.29, 0.717) is 11.0 Å². The molecule has 5 nitrogen and oxygen atoms in total. The van der Waals surface area contributed by atoms with E-state index in [4.69, 9.17) is 0 Å². The van der Waals surface area contributed by atoms with Crippen LogP contribution in [-0.4, -0.2) is 26.8 Å². The average molecular weight is 380 g/mol. The molecule has 0 bridgehead atoms. The zero-order valence-corrected chi connectivity index (χ0v) is 14.8. The lowest BCUT2D eigenvalue weighted by Gasteiger charge is -2.14. The lowest BCUT2D eigenvalue weighted by molar-refractivity contribution is -0.119. The number of nitrogens with one attached hydrogen (secondary N) is 2. The Labute approximate surface area is 150 Å². The van der Waals surface area contributed by atoms with Crippen LogP contribution in [0.5, 0.6) is 0 Å². The molecule has 0 spiro atoms. The summed E-state index contributed by atoms with van der Waals surface area (Å²) in [6, 6.07) is 6.56. The van der Waals surface area contributed by atoms with Gasteiger partial charge in [0, 0.05) is 11.6 Å². The number of carbonyl (C=O) groups excluding carboxylic acids is 1. The first-order valence-corrected chi connectivity index (χ1v) is 9.23. The number of halogens is 2. The summed E-state index contributed by atoms with van der Waals surface area (Å²) in [6.45, 7) is 1.64. The molecule has 1 atom stereocenters. The third kappa shape index (κ3) is 4.43. The highest BCUT2D eigenvalue weighted by molar-refractivity contribution is 7.99. The fourth-order valence-corrected chi connectivity index (χ4v) is 3.45. The maximum Gasteiger partial charge on any atom is 0.230 e. The molecule has 2 aromatic heterocycles. The molecule has 130 valence electrons. The van der Waals surface area contributed by atoms with E-state index in [9.17, 15) is 13.6 Å². The van der Waals surface area contributed by atoms with Gasteiger partial charge in [0.2, 0.25) is 11.1 Å². The predicted octanol–water partition coefficient (Wildman–Crippen LogP) is 3.78. The van der Waals surface area contributed by atoms with Crippen LogP contribution < -0.4 is 5.32 Å². The maximum absolute atomic E-state index is 13.7. The maximum atomic E-state index is 13.7. The number of H-pyrrole nitrogens is 1. The largest absolute Gasteiger partial charge is 0.349 e. The second kappa shape index (κ2) is 7.75. The Morgan fingerprint density at radius 2 is 2.24 bits per heavy atom. The van der Waals surface area contributed by atoms with E-state index in [2.05, 4.69) is 20.5 Å². The summed E-state index contributed by atoms with van der Waals surface area (Å²) in [4.78, 5) is 17.3. The molecule has 0 saturated carbocycles. The van der Waals surface area contributed by atoms with Crippen molar-refractivity contribution in [3.8, 4) is 10.7 Å². The first-order valence-electron chi connectivity index (χ1n) is 7.36. The van der Waals surface area contributed by atoms with Crippen LogP contribution in [0.25, 0.3) is 10.7 Å². The zero-order valence-electron chi connectivity index (χ0n) is 13.1. The number of carbonyl (C=O) groups is 1. The van der Waals surface area contributed by atoms with Crippen molar-refractivity contribution in [2.24, 2.45) is 0 Å². The van der Waals surface area contributed by atoms with Crippen LogP contribution in [0.4, 0.5) is 8.78 Å². The molecular weight excluding hydrogens is 366 g/mol. The van der Waals surface area contributed by atoms with Crippen molar-refractivity contribution >= 4 is 29.0 Å². The van der Waals surface area contributed by atoms with Crippen LogP contribution in [0.15, 0.2) is 40.9 Å². The minimum absolute atomic E-state index is 0.0922. The van der Waals surface area contributed by atoms with E-state index >= 15 is 0 Å². The standard InChI is InChI=1S/C16H14F2N4OS2/c1-9(11-5-4-10(17)7-12(11)18)19-14(23)8-25-16-20-15(21-22-16)13-3-2-6-24-13/h2-7,9H,8H2,1H3,(H,19,23)(H,20,21,22)/t9-/m1/s1. The van der Waals surface area contributed by atoms with Crippen LogP contribution in [0.3, 0.4) is 0 Å². The lowest BCUT2D eigenvalue weighted by Crippen LogP contribution is -2.28. The number of benzene rings is 1. The van der Waals surface area contributed by atoms with Crippen molar-refractivity contribution in [2.75, 3.05) is 5.75 Å². The molecule has 2 heterocycles. The van der Waals surface area contributed by atoms with Crippen LogP contribution >= 0.6 is 23.1 Å². The molecule has 0 unspecified atom stereocenters. The third-order valence-electron chi connectivity index (χ3n) is 3.36. The van der Waals surface area contributed by atoms with E-state index in [1.54, 1.807) is 6.92 Å². The van der Waals surface area contributed by atoms with Gasteiger partial charge in [0.25, 0.3) is 0 Å². The summed E-state index contributed by atoms with van der Waals surface area (Å²) >= 11 is 2.71. The summed E-state index contributed by atoms with van der Waals surface area (Å²) in [7, 11) is 0. The minimum Gasteiger partial charge on any atom is -0.349 e. The van der Waals surface area contributed by atoms with E-state index in [1.165, 1.54) is 29.2 Å². The van der Waals surface area contributed by atoms with Gasteiger partial charge in [-0.3, -0.25) is 9.89 Å². The zero-order chi connectivity index (χ0) is 17.8. The molecule has 0 fully saturated rings. The summed E-state index contributed by atoms with van der Waals surface area (Å²) < 4.78 is 26.7. The number of thioether (sulfide) groups is 1. The predicted molar refractivity (Wildman–Crippen MR) is 93.3 cm³/mol. The molecule has 25 heavy (non-hydrogen) atoms. The monoisotopic (exact) mass is 380 g/mol. The molecule has 0 aliphatic rings. The van der Waals surface area contributed by atoms with Gasteiger partial charge in [-0.05, 0) is 24.4 Å². The SMILES string of the molecule is C[C@@H](NC(=O)CSc1n[nH]c(-c2cccs2)n1)c1ccc(F)cc1F. The molecule has 1 aromatic carbocycles. The van der Waals surface area contributed by atoms with Crippen LogP contribution in [0, 0.1) is 11.6 Å². The van der Waals surface area contributed by atoms with Crippen molar-refractivity contribution in [1.82, 2.24) is 20.5 Å². The van der Waals surface area contributed by atoms with E-state index < -0.39 is 17.7 Å². The number of thiophene rings is 1. The van der Waals surface area contributed by atoms with Crippen molar-refractivity contribution in [3.05, 3.63) is 52.9 Å². The molecule has 0 aliphatic heterocycles. The van der Waals surface area contributed by atoms with Crippen molar-refractivity contribution in [2.45, 2.75) is 18.1 Å². The quantitative estimate of drug-likeness (QED) is 0.639. The van der Waals surface area contributed by atoms with Crippen molar-refractivity contribution < 1.29 is 13.6 Å². The number of rotatable bonds is 6. The van der Waals surface area contributed by atoms with Gasteiger partial charge in [0.1, 0.15) is 11.6 Å². The van der Waals surface area contributed by atoms with Crippen molar-refractivity contribution in [1.29, 1.82) is 0 Å². The van der Waals surface area contributed by atoms with Gasteiger partial charge in [0.05, 0.1) is 16.7 Å². The molecule has 0 radical (unpaired) electrons. The normalized spacial score (nSPS) is 12.1. The molecule has 3 aromatic rings. The fourth-order valence-electron chi connectivity index (χ4n) is 2.18. The number of aromatic nitrogens is 3. The van der Waals surface area contributed by atoms with Crippen LogP contribution in [0.2, 0.25) is 0 Å². The molecule has 1 amide bonds. The fraction of sp³-hybridized carbons (Fsp3) is 0.188. The highest BCUT2D eigenvalue weighted by atomic mass is 32.2. The molecule has 0 aliphatic carbocycles. The van der Waals surface area contributed by atoms with Crippen LogP contribution in [-0.2, 0) is 4.79 Å². The van der Waals surface area contributed by atoms with Gasteiger partial charge < -0.3 is 5.32 Å². The Bertz CT molecular complexity index is 867. The first-order chi connectivity index (χ1) is 12.0.